The number of para-hydroxylation sites is 2. The van der Waals surface area contributed by atoms with Crippen LogP contribution < -0.4 is 20.3 Å². The van der Waals surface area contributed by atoms with Crippen LogP contribution in [0.4, 0.5) is 5.69 Å². The highest BCUT2D eigenvalue weighted by atomic mass is 16.5. The number of nitrogens with one attached hydrogen (secondary N) is 2. The van der Waals surface area contributed by atoms with Crippen molar-refractivity contribution in [3.8, 4) is 5.75 Å². The number of nitrogens with zero attached hydrogens (tertiary/aromatic N) is 2. The Hall–Kier alpha value is -2.73. The van der Waals surface area contributed by atoms with Gasteiger partial charge in [-0.3, -0.25) is 4.99 Å². The first-order valence-electron chi connectivity index (χ1n) is 10.9. The van der Waals surface area contributed by atoms with Gasteiger partial charge < -0.3 is 25.0 Å². The fourth-order valence-electron chi connectivity index (χ4n) is 3.63. The Kier molecular flexibility index (Phi) is 7.08. The average molecular weight is 409 g/mol. The summed E-state index contributed by atoms with van der Waals surface area (Å²) in [6, 6.07) is 16.8. The van der Waals surface area contributed by atoms with Gasteiger partial charge in [-0.25, -0.2) is 0 Å². The van der Waals surface area contributed by atoms with Crippen LogP contribution in [0.1, 0.15) is 24.0 Å². The molecule has 160 valence electrons. The highest BCUT2D eigenvalue weighted by molar-refractivity contribution is 5.79. The normalized spacial score (nSPS) is 17.0. The maximum Gasteiger partial charge on any atom is 0.191 e. The zero-order chi connectivity index (χ0) is 20.6. The highest BCUT2D eigenvalue weighted by Gasteiger charge is 2.22. The molecule has 2 aromatic rings. The quantitative estimate of drug-likeness (QED) is 0.519. The summed E-state index contributed by atoms with van der Waals surface area (Å²) in [5, 5.41) is 6.88. The summed E-state index contributed by atoms with van der Waals surface area (Å²) in [6.45, 7) is 5.64. The van der Waals surface area contributed by atoms with Gasteiger partial charge in [-0.2, -0.15) is 0 Å². The molecule has 1 heterocycles. The molecule has 2 N–H and O–H groups in total. The summed E-state index contributed by atoms with van der Waals surface area (Å²) in [7, 11) is 1.80. The third-order valence-corrected chi connectivity index (χ3v) is 5.60. The molecule has 1 saturated heterocycles. The van der Waals surface area contributed by atoms with Gasteiger partial charge in [0.25, 0.3) is 0 Å². The van der Waals surface area contributed by atoms with E-state index in [0.29, 0.717) is 13.1 Å². The molecule has 0 unspecified atom stereocenters. The lowest BCUT2D eigenvalue weighted by Gasteiger charge is -2.30. The number of anilines is 1. The minimum atomic E-state index is 0.672. The molecular formula is C24H32N4O2. The number of guanidine groups is 1. The molecule has 0 radical (unpaired) electrons. The predicted molar refractivity (Wildman–Crippen MR) is 121 cm³/mol. The molecular weight excluding hydrogens is 376 g/mol. The van der Waals surface area contributed by atoms with Crippen molar-refractivity contribution in [2.75, 3.05) is 44.9 Å². The van der Waals surface area contributed by atoms with Crippen molar-refractivity contribution in [1.82, 2.24) is 10.6 Å². The molecule has 1 aliphatic carbocycles. The van der Waals surface area contributed by atoms with E-state index in [4.69, 9.17) is 9.47 Å². The number of ether oxygens (including phenoxy) is 2. The first-order valence-corrected chi connectivity index (χ1v) is 10.9. The van der Waals surface area contributed by atoms with E-state index in [1.807, 2.05) is 12.1 Å². The SMILES string of the molecule is CN=C(NCc1ccccc1OCC1CC1)NCc1ccccc1N1CCOCC1. The summed E-state index contributed by atoms with van der Waals surface area (Å²) < 4.78 is 11.5. The van der Waals surface area contributed by atoms with E-state index in [1.165, 1.54) is 24.1 Å². The molecule has 0 aromatic heterocycles. The first kappa shape index (κ1) is 20.5. The summed E-state index contributed by atoms with van der Waals surface area (Å²) in [5.74, 6) is 2.49. The minimum absolute atomic E-state index is 0.672. The van der Waals surface area contributed by atoms with Gasteiger partial charge in [-0.05, 0) is 36.5 Å². The molecule has 2 aromatic carbocycles. The van der Waals surface area contributed by atoms with Crippen LogP contribution in [0.3, 0.4) is 0 Å². The van der Waals surface area contributed by atoms with Crippen LogP contribution in [0.5, 0.6) is 5.75 Å². The van der Waals surface area contributed by atoms with Gasteiger partial charge in [0.1, 0.15) is 5.75 Å². The van der Waals surface area contributed by atoms with Gasteiger partial charge in [0.15, 0.2) is 5.96 Å². The Morgan fingerprint density at radius 2 is 1.67 bits per heavy atom. The second-order valence-electron chi connectivity index (χ2n) is 7.87. The Morgan fingerprint density at radius 3 is 2.40 bits per heavy atom. The lowest BCUT2D eigenvalue weighted by atomic mass is 10.1. The van der Waals surface area contributed by atoms with Crippen molar-refractivity contribution in [2.45, 2.75) is 25.9 Å². The number of hydrogen-bond donors (Lipinski definition) is 2. The monoisotopic (exact) mass is 408 g/mol. The van der Waals surface area contributed by atoms with Crippen molar-refractivity contribution in [1.29, 1.82) is 0 Å². The highest BCUT2D eigenvalue weighted by Crippen LogP contribution is 2.30. The third kappa shape index (κ3) is 5.66. The minimum Gasteiger partial charge on any atom is -0.493 e. The third-order valence-electron chi connectivity index (χ3n) is 5.60. The van der Waals surface area contributed by atoms with Crippen LogP contribution in [0.15, 0.2) is 53.5 Å². The largest absolute Gasteiger partial charge is 0.493 e. The molecule has 0 amide bonds. The second kappa shape index (κ2) is 10.3. The van der Waals surface area contributed by atoms with Gasteiger partial charge in [-0.1, -0.05) is 36.4 Å². The van der Waals surface area contributed by atoms with E-state index in [-0.39, 0.29) is 0 Å². The molecule has 4 rings (SSSR count). The molecule has 6 nitrogen and oxygen atoms in total. The Labute approximate surface area is 179 Å². The number of morpholine rings is 1. The number of aliphatic imine (C=N–C) groups is 1. The van der Waals surface area contributed by atoms with E-state index in [1.54, 1.807) is 7.05 Å². The van der Waals surface area contributed by atoms with Gasteiger partial charge in [0.2, 0.25) is 0 Å². The molecule has 0 atom stereocenters. The number of hydrogen-bond acceptors (Lipinski definition) is 4. The van der Waals surface area contributed by atoms with Crippen molar-refractivity contribution < 1.29 is 9.47 Å². The van der Waals surface area contributed by atoms with Crippen LogP contribution in [-0.2, 0) is 17.8 Å². The zero-order valence-electron chi connectivity index (χ0n) is 17.8. The summed E-state index contributed by atoms with van der Waals surface area (Å²) >= 11 is 0. The van der Waals surface area contributed by atoms with Crippen LogP contribution >= 0.6 is 0 Å². The predicted octanol–water partition coefficient (Wildman–Crippen LogP) is 3.18. The molecule has 30 heavy (non-hydrogen) atoms. The van der Waals surface area contributed by atoms with Crippen molar-refractivity contribution in [3.05, 3.63) is 59.7 Å². The van der Waals surface area contributed by atoms with Gasteiger partial charge in [-0.15, -0.1) is 0 Å². The van der Waals surface area contributed by atoms with Gasteiger partial charge in [0.05, 0.1) is 19.8 Å². The average Bonchev–Trinajstić information content (AvgIpc) is 3.64. The molecule has 2 aliphatic rings. The van der Waals surface area contributed by atoms with E-state index in [9.17, 15) is 0 Å². The molecule has 1 saturated carbocycles. The Morgan fingerprint density at radius 1 is 1.00 bits per heavy atom. The molecule has 0 bridgehead atoms. The van der Waals surface area contributed by atoms with Crippen molar-refractivity contribution in [2.24, 2.45) is 10.9 Å². The lowest BCUT2D eigenvalue weighted by Crippen LogP contribution is -2.39. The zero-order valence-corrected chi connectivity index (χ0v) is 17.8. The molecule has 6 heteroatoms. The second-order valence-corrected chi connectivity index (χ2v) is 7.87. The number of benzene rings is 2. The van der Waals surface area contributed by atoms with Crippen LogP contribution in [0, 0.1) is 5.92 Å². The van der Waals surface area contributed by atoms with Crippen LogP contribution in [0.2, 0.25) is 0 Å². The summed E-state index contributed by atoms with van der Waals surface area (Å²) in [5.41, 5.74) is 3.67. The van der Waals surface area contributed by atoms with E-state index in [0.717, 1.165) is 56.1 Å². The number of rotatable bonds is 8. The topological polar surface area (TPSA) is 58.1 Å². The van der Waals surface area contributed by atoms with Gasteiger partial charge >= 0.3 is 0 Å². The maximum atomic E-state index is 6.02. The van der Waals surface area contributed by atoms with E-state index < -0.39 is 0 Å². The molecule has 1 aliphatic heterocycles. The van der Waals surface area contributed by atoms with Gasteiger partial charge in [0, 0.05) is 44.5 Å². The fraction of sp³-hybridized carbons (Fsp3) is 0.458. The smallest absolute Gasteiger partial charge is 0.191 e. The maximum absolute atomic E-state index is 6.02. The summed E-state index contributed by atoms with van der Waals surface area (Å²) in [6.07, 6.45) is 2.59. The van der Waals surface area contributed by atoms with Crippen LogP contribution in [-0.4, -0.2) is 45.9 Å². The summed E-state index contributed by atoms with van der Waals surface area (Å²) in [4.78, 5) is 6.79. The fourth-order valence-corrected chi connectivity index (χ4v) is 3.63. The Balaban J connectivity index is 1.33. The Bertz CT molecular complexity index is 845. The standard InChI is InChI=1S/C24H32N4O2/c1-25-24(27-17-21-7-3-5-9-23(21)30-18-19-10-11-19)26-16-20-6-2-4-8-22(20)28-12-14-29-15-13-28/h2-9,19H,10-18H2,1H3,(H2,25,26,27). The van der Waals surface area contributed by atoms with Crippen LogP contribution in [0.25, 0.3) is 0 Å². The lowest BCUT2D eigenvalue weighted by molar-refractivity contribution is 0.122. The van der Waals surface area contributed by atoms with E-state index >= 15 is 0 Å². The van der Waals surface area contributed by atoms with Crippen molar-refractivity contribution in [3.63, 3.8) is 0 Å². The van der Waals surface area contributed by atoms with E-state index in [2.05, 4.69) is 56.9 Å². The molecule has 0 spiro atoms. The molecule has 2 fully saturated rings. The first-order chi connectivity index (χ1) is 14.8. The van der Waals surface area contributed by atoms with Crippen molar-refractivity contribution >= 4 is 11.6 Å².